The van der Waals surface area contributed by atoms with E-state index in [4.69, 9.17) is 0 Å². The molecular formula is C17H17F3N2O4S. The Morgan fingerprint density at radius 2 is 1.59 bits per heavy atom. The average Bonchev–Trinajstić information content (AvgIpc) is 2.59. The summed E-state index contributed by atoms with van der Waals surface area (Å²) in [5.41, 5.74) is 0.828. The summed E-state index contributed by atoms with van der Waals surface area (Å²) in [6, 6.07) is 10.5. The monoisotopic (exact) mass is 402 g/mol. The number of carbonyl (C=O) groups is 1. The Hall–Kier alpha value is -2.59. The molecule has 0 aromatic heterocycles. The van der Waals surface area contributed by atoms with E-state index in [9.17, 15) is 26.4 Å². The summed E-state index contributed by atoms with van der Waals surface area (Å²) in [6.45, 7) is 0.0862. The number of hydrogen-bond acceptors (Lipinski definition) is 4. The predicted molar refractivity (Wildman–Crippen MR) is 91.6 cm³/mol. The van der Waals surface area contributed by atoms with Crippen LogP contribution in [0.5, 0.6) is 5.75 Å². The third-order valence-corrected chi connectivity index (χ3v) is 5.33. The highest BCUT2D eigenvalue weighted by Gasteiger charge is 2.30. The molecule has 0 atom stereocenters. The van der Waals surface area contributed by atoms with E-state index in [1.807, 2.05) is 0 Å². The molecule has 0 heterocycles. The number of sulfonamides is 1. The first-order chi connectivity index (χ1) is 12.5. The molecule has 146 valence electrons. The minimum Gasteiger partial charge on any atom is -0.406 e. The zero-order valence-corrected chi connectivity index (χ0v) is 15.3. The van der Waals surface area contributed by atoms with Gasteiger partial charge in [0.2, 0.25) is 10.0 Å². The molecule has 2 rings (SSSR count). The smallest absolute Gasteiger partial charge is 0.406 e. The van der Waals surface area contributed by atoms with E-state index in [-0.39, 0.29) is 22.8 Å². The fourth-order valence-electron chi connectivity index (χ4n) is 2.08. The second kappa shape index (κ2) is 7.97. The molecule has 1 amide bonds. The summed E-state index contributed by atoms with van der Waals surface area (Å²) in [5.74, 6) is -0.797. The van der Waals surface area contributed by atoms with E-state index >= 15 is 0 Å². The first-order valence-corrected chi connectivity index (χ1v) is 9.08. The molecule has 0 aliphatic carbocycles. The minimum absolute atomic E-state index is 0.0595. The van der Waals surface area contributed by atoms with Gasteiger partial charge in [0, 0.05) is 26.2 Å². The summed E-state index contributed by atoms with van der Waals surface area (Å²) in [5, 5.41) is 2.60. The van der Waals surface area contributed by atoms with Crippen LogP contribution >= 0.6 is 0 Å². The van der Waals surface area contributed by atoms with E-state index in [0.29, 0.717) is 5.56 Å². The predicted octanol–water partition coefficient (Wildman–Crippen LogP) is 2.77. The summed E-state index contributed by atoms with van der Waals surface area (Å²) in [4.78, 5) is 12.2. The molecule has 0 bridgehead atoms. The molecule has 0 radical (unpaired) electrons. The van der Waals surface area contributed by atoms with Crippen LogP contribution in [-0.2, 0) is 16.6 Å². The van der Waals surface area contributed by atoms with Crippen LogP contribution in [0.1, 0.15) is 15.9 Å². The lowest BCUT2D eigenvalue weighted by atomic mass is 10.2. The first-order valence-electron chi connectivity index (χ1n) is 7.64. The van der Waals surface area contributed by atoms with E-state index in [1.165, 1.54) is 50.5 Å². The highest BCUT2D eigenvalue weighted by molar-refractivity contribution is 7.89. The SMILES string of the molecule is CN(C)S(=O)(=O)c1ccc(C(=O)NCc2ccc(OC(F)(F)F)cc2)cc1. The van der Waals surface area contributed by atoms with Crippen molar-refractivity contribution in [2.45, 2.75) is 17.8 Å². The number of alkyl halides is 3. The van der Waals surface area contributed by atoms with Crippen LogP contribution in [-0.4, -0.2) is 39.1 Å². The minimum atomic E-state index is -4.76. The molecule has 2 aromatic rings. The lowest BCUT2D eigenvalue weighted by Gasteiger charge is -2.12. The maximum absolute atomic E-state index is 12.1. The normalized spacial score (nSPS) is 12.1. The van der Waals surface area contributed by atoms with Crippen LogP contribution in [0.2, 0.25) is 0 Å². The number of halogens is 3. The molecule has 0 spiro atoms. The quantitative estimate of drug-likeness (QED) is 0.806. The Kier molecular flexibility index (Phi) is 6.11. The number of amides is 1. The molecule has 0 saturated heterocycles. The Balaban J connectivity index is 1.98. The van der Waals surface area contributed by atoms with Crippen molar-refractivity contribution < 1.29 is 31.1 Å². The maximum atomic E-state index is 12.1. The molecule has 6 nitrogen and oxygen atoms in total. The molecule has 0 unspecified atom stereocenters. The largest absolute Gasteiger partial charge is 0.573 e. The van der Waals surface area contributed by atoms with Crippen LogP contribution in [0.25, 0.3) is 0 Å². The highest BCUT2D eigenvalue weighted by atomic mass is 32.2. The first kappa shape index (κ1) is 20.7. The molecule has 0 fully saturated rings. The van der Waals surface area contributed by atoms with Crippen LogP contribution < -0.4 is 10.1 Å². The van der Waals surface area contributed by atoms with Gasteiger partial charge >= 0.3 is 6.36 Å². The summed E-state index contributed by atoms with van der Waals surface area (Å²) >= 11 is 0. The van der Waals surface area contributed by atoms with Gasteiger partial charge in [0.05, 0.1) is 4.90 Å². The third-order valence-electron chi connectivity index (χ3n) is 3.51. The third kappa shape index (κ3) is 5.69. The van der Waals surface area contributed by atoms with Crippen molar-refractivity contribution in [3.05, 3.63) is 59.7 Å². The fraction of sp³-hybridized carbons (Fsp3) is 0.235. The number of benzene rings is 2. The second-order valence-corrected chi connectivity index (χ2v) is 7.84. The molecular weight excluding hydrogens is 385 g/mol. The Morgan fingerprint density at radius 3 is 2.07 bits per heavy atom. The zero-order valence-electron chi connectivity index (χ0n) is 14.4. The van der Waals surface area contributed by atoms with Crippen LogP contribution in [0.4, 0.5) is 13.2 Å². The zero-order chi connectivity index (χ0) is 20.2. The van der Waals surface area contributed by atoms with Crippen molar-refractivity contribution in [1.29, 1.82) is 0 Å². The summed E-state index contributed by atoms with van der Waals surface area (Å²) in [7, 11) is -0.775. The Bertz CT molecular complexity index is 893. The van der Waals surface area contributed by atoms with Gasteiger partial charge in [0.1, 0.15) is 5.75 Å². The van der Waals surface area contributed by atoms with Crippen LogP contribution in [0.15, 0.2) is 53.4 Å². The number of nitrogens with zero attached hydrogens (tertiary/aromatic N) is 1. The number of ether oxygens (including phenoxy) is 1. The number of carbonyl (C=O) groups excluding carboxylic acids is 1. The van der Waals surface area contributed by atoms with E-state index in [2.05, 4.69) is 10.1 Å². The average molecular weight is 402 g/mol. The molecule has 0 aliphatic rings. The van der Waals surface area contributed by atoms with Crippen molar-refractivity contribution >= 4 is 15.9 Å². The van der Waals surface area contributed by atoms with E-state index < -0.39 is 22.3 Å². The van der Waals surface area contributed by atoms with Crippen molar-refractivity contribution in [3.63, 3.8) is 0 Å². The van der Waals surface area contributed by atoms with Gasteiger partial charge in [-0.05, 0) is 42.0 Å². The van der Waals surface area contributed by atoms with Crippen LogP contribution in [0.3, 0.4) is 0 Å². The molecule has 2 aromatic carbocycles. The van der Waals surface area contributed by atoms with Gasteiger partial charge in [-0.3, -0.25) is 4.79 Å². The molecule has 1 N–H and O–H groups in total. The molecule has 27 heavy (non-hydrogen) atoms. The topological polar surface area (TPSA) is 75.7 Å². The van der Waals surface area contributed by atoms with Gasteiger partial charge in [-0.2, -0.15) is 0 Å². The van der Waals surface area contributed by atoms with Crippen molar-refractivity contribution in [2.24, 2.45) is 0 Å². The van der Waals surface area contributed by atoms with Gasteiger partial charge < -0.3 is 10.1 Å². The number of rotatable bonds is 6. The Morgan fingerprint density at radius 1 is 1.04 bits per heavy atom. The van der Waals surface area contributed by atoms with Gasteiger partial charge in [-0.25, -0.2) is 12.7 Å². The van der Waals surface area contributed by atoms with Crippen LogP contribution in [0, 0.1) is 0 Å². The maximum Gasteiger partial charge on any atom is 0.573 e. The Labute approximate surface area is 154 Å². The fourth-order valence-corrected chi connectivity index (χ4v) is 2.98. The van der Waals surface area contributed by atoms with Crippen molar-refractivity contribution in [1.82, 2.24) is 9.62 Å². The summed E-state index contributed by atoms with van der Waals surface area (Å²) < 4.78 is 65.1. The summed E-state index contributed by atoms with van der Waals surface area (Å²) in [6.07, 6.45) is -4.76. The number of hydrogen-bond donors (Lipinski definition) is 1. The van der Waals surface area contributed by atoms with E-state index in [0.717, 1.165) is 16.4 Å². The lowest BCUT2D eigenvalue weighted by Crippen LogP contribution is -2.24. The second-order valence-electron chi connectivity index (χ2n) is 5.69. The van der Waals surface area contributed by atoms with Gasteiger partial charge in [-0.1, -0.05) is 12.1 Å². The van der Waals surface area contributed by atoms with Gasteiger partial charge in [0.25, 0.3) is 5.91 Å². The van der Waals surface area contributed by atoms with Gasteiger partial charge in [-0.15, -0.1) is 13.2 Å². The molecule has 10 heteroatoms. The highest BCUT2D eigenvalue weighted by Crippen LogP contribution is 2.22. The van der Waals surface area contributed by atoms with Gasteiger partial charge in [0.15, 0.2) is 0 Å². The van der Waals surface area contributed by atoms with Crippen molar-refractivity contribution in [3.8, 4) is 5.75 Å². The van der Waals surface area contributed by atoms with E-state index in [1.54, 1.807) is 0 Å². The number of nitrogens with one attached hydrogen (secondary N) is 1. The van der Waals surface area contributed by atoms with Crippen molar-refractivity contribution in [2.75, 3.05) is 14.1 Å². The molecule has 0 aliphatic heterocycles. The lowest BCUT2D eigenvalue weighted by molar-refractivity contribution is -0.274. The standard InChI is InChI=1S/C17H17F3N2O4S/c1-22(2)27(24,25)15-9-5-13(6-10-15)16(23)21-11-12-3-7-14(8-4-12)26-17(18,19)20/h3-10H,11H2,1-2H3,(H,21,23). The molecule has 0 saturated carbocycles.